The zero-order chi connectivity index (χ0) is 13.0. The maximum Gasteiger partial charge on any atom is 0.143 e. The molecule has 0 amide bonds. The molecule has 0 heterocycles. The smallest absolute Gasteiger partial charge is 0.143 e. The average molecular weight is 246 g/mol. The van der Waals surface area contributed by atoms with Crippen molar-refractivity contribution in [2.24, 2.45) is 5.92 Å². The fourth-order valence-electron chi connectivity index (χ4n) is 2.69. The number of anilines is 1. The van der Waals surface area contributed by atoms with Crippen molar-refractivity contribution in [3.63, 3.8) is 0 Å². The molecule has 0 saturated heterocycles. The van der Waals surface area contributed by atoms with Gasteiger partial charge in [0.2, 0.25) is 0 Å². The Morgan fingerprint density at radius 2 is 2.06 bits per heavy atom. The maximum absolute atomic E-state index is 13.5. The van der Waals surface area contributed by atoms with Crippen LogP contribution in [0.3, 0.4) is 0 Å². The fraction of sp³-hybridized carbons (Fsp3) is 0.533. The van der Waals surface area contributed by atoms with Gasteiger partial charge in [0.15, 0.2) is 0 Å². The van der Waals surface area contributed by atoms with Gasteiger partial charge in [-0.05, 0) is 43.7 Å². The molecule has 0 atom stereocenters. The second-order valence-electron chi connectivity index (χ2n) is 5.04. The molecular formula is C15H19FN2. The zero-order valence-corrected chi connectivity index (χ0v) is 10.7. The molecule has 0 aliphatic heterocycles. The molecule has 1 aromatic rings. The van der Waals surface area contributed by atoms with Crippen LogP contribution in [-0.4, -0.2) is 6.04 Å². The quantitative estimate of drug-likeness (QED) is 0.872. The first kappa shape index (κ1) is 12.9. The highest BCUT2D eigenvalue weighted by molar-refractivity contribution is 5.58. The third-order valence-corrected chi connectivity index (χ3v) is 3.91. The third-order valence-electron chi connectivity index (χ3n) is 3.91. The molecule has 0 spiro atoms. The van der Waals surface area contributed by atoms with Crippen LogP contribution in [0, 0.1) is 23.1 Å². The van der Waals surface area contributed by atoms with Crippen LogP contribution in [0.5, 0.6) is 0 Å². The summed E-state index contributed by atoms with van der Waals surface area (Å²) >= 11 is 0. The van der Waals surface area contributed by atoms with Gasteiger partial charge in [0, 0.05) is 6.04 Å². The molecule has 0 aromatic heterocycles. The number of nitrogens with zero attached hydrogens (tertiary/aromatic N) is 1. The largest absolute Gasteiger partial charge is 0.381 e. The monoisotopic (exact) mass is 246 g/mol. The van der Waals surface area contributed by atoms with Gasteiger partial charge in [0.25, 0.3) is 0 Å². The van der Waals surface area contributed by atoms with Crippen molar-refractivity contribution in [3.8, 4) is 6.07 Å². The van der Waals surface area contributed by atoms with Crippen LogP contribution < -0.4 is 5.32 Å². The van der Waals surface area contributed by atoms with E-state index >= 15 is 0 Å². The van der Waals surface area contributed by atoms with E-state index in [4.69, 9.17) is 5.26 Å². The minimum Gasteiger partial charge on any atom is -0.381 e. The molecule has 1 aliphatic carbocycles. The highest BCUT2D eigenvalue weighted by Crippen LogP contribution is 2.29. The first-order valence-electron chi connectivity index (χ1n) is 6.69. The Morgan fingerprint density at radius 1 is 1.33 bits per heavy atom. The number of nitrogens with one attached hydrogen (secondary N) is 1. The van der Waals surface area contributed by atoms with Crippen LogP contribution in [0.2, 0.25) is 0 Å². The van der Waals surface area contributed by atoms with Crippen molar-refractivity contribution in [2.75, 3.05) is 5.32 Å². The van der Waals surface area contributed by atoms with Crippen LogP contribution in [0.1, 0.15) is 44.6 Å². The number of hydrogen-bond donors (Lipinski definition) is 1. The predicted molar refractivity (Wildman–Crippen MR) is 70.8 cm³/mol. The molecule has 96 valence electrons. The summed E-state index contributed by atoms with van der Waals surface area (Å²) in [6, 6.07) is 7.08. The van der Waals surface area contributed by atoms with Crippen molar-refractivity contribution in [1.82, 2.24) is 0 Å². The van der Waals surface area contributed by atoms with E-state index < -0.39 is 5.82 Å². The third kappa shape index (κ3) is 2.81. The Morgan fingerprint density at radius 3 is 2.67 bits per heavy atom. The summed E-state index contributed by atoms with van der Waals surface area (Å²) in [7, 11) is 0. The first-order chi connectivity index (χ1) is 8.74. The Balaban J connectivity index is 2.03. The van der Waals surface area contributed by atoms with E-state index in [0.29, 0.717) is 11.7 Å². The van der Waals surface area contributed by atoms with Crippen LogP contribution in [0.4, 0.5) is 10.1 Å². The van der Waals surface area contributed by atoms with E-state index in [0.717, 1.165) is 18.8 Å². The molecule has 1 fully saturated rings. The lowest BCUT2D eigenvalue weighted by Crippen LogP contribution is -2.26. The van der Waals surface area contributed by atoms with E-state index in [1.165, 1.54) is 25.3 Å². The van der Waals surface area contributed by atoms with Crippen molar-refractivity contribution < 1.29 is 4.39 Å². The highest BCUT2D eigenvalue weighted by atomic mass is 19.1. The zero-order valence-electron chi connectivity index (χ0n) is 10.7. The van der Waals surface area contributed by atoms with E-state index in [1.807, 2.05) is 6.07 Å². The summed E-state index contributed by atoms with van der Waals surface area (Å²) < 4.78 is 13.5. The van der Waals surface area contributed by atoms with Crippen molar-refractivity contribution >= 4 is 5.69 Å². The molecule has 1 saturated carbocycles. The van der Waals surface area contributed by atoms with Gasteiger partial charge < -0.3 is 5.32 Å². The van der Waals surface area contributed by atoms with E-state index in [2.05, 4.69) is 12.2 Å². The normalized spacial score (nSPS) is 23.4. The SMILES string of the molecule is CCC1CCC(Nc2cccc(F)c2C#N)CC1. The van der Waals surface area contributed by atoms with Crippen LogP contribution >= 0.6 is 0 Å². The molecule has 18 heavy (non-hydrogen) atoms. The van der Waals surface area contributed by atoms with Gasteiger partial charge in [-0.15, -0.1) is 0 Å². The van der Waals surface area contributed by atoms with Crippen LogP contribution in [-0.2, 0) is 0 Å². The van der Waals surface area contributed by atoms with Gasteiger partial charge >= 0.3 is 0 Å². The molecule has 2 rings (SSSR count). The van der Waals surface area contributed by atoms with E-state index in [1.54, 1.807) is 12.1 Å². The summed E-state index contributed by atoms with van der Waals surface area (Å²) in [4.78, 5) is 0. The van der Waals surface area contributed by atoms with Gasteiger partial charge in [-0.25, -0.2) is 4.39 Å². The molecule has 1 aromatic carbocycles. The van der Waals surface area contributed by atoms with Crippen LogP contribution in [0.15, 0.2) is 18.2 Å². The Bertz CT molecular complexity index is 442. The lowest BCUT2D eigenvalue weighted by atomic mass is 9.84. The topological polar surface area (TPSA) is 35.8 Å². The first-order valence-corrected chi connectivity index (χ1v) is 6.69. The maximum atomic E-state index is 13.5. The summed E-state index contributed by atoms with van der Waals surface area (Å²) in [6.45, 7) is 2.23. The number of benzene rings is 1. The van der Waals surface area contributed by atoms with Gasteiger partial charge in [0.05, 0.1) is 5.69 Å². The molecule has 0 radical (unpaired) electrons. The van der Waals surface area contributed by atoms with Gasteiger partial charge in [-0.2, -0.15) is 5.26 Å². The summed E-state index contributed by atoms with van der Waals surface area (Å²) in [6.07, 6.45) is 5.92. The van der Waals surface area contributed by atoms with Crippen LogP contribution in [0.25, 0.3) is 0 Å². The molecule has 0 bridgehead atoms. The Kier molecular flexibility index (Phi) is 4.19. The number of hydrogen-bond acceptors (Lipinski definition) is 2. The Hall–Kier alpha value is -1.56. The Labute approximate surface area is 108 Å². The fourth-order valence-corrected chi connectivity index (χ4v) is 2.69. The number of rotatable bonds is 3. The highest BCUT2D eigenvalue weighted by Gasteiger charge is 2.20. The minimum absolute atomic E-state index is 0.134. The minimum atomic E-state index is -0.440. The number of nitriles is 1. The van der Waals surface area contributed by atoms with E-state index in [-0.39, 0.29) is 5.56 Å². The molecular weight excluding hydrogens is 227 g/mol. The summed E-state index contributed by atoms with van der Waals surface area (Å²) in [5.41, 5.74) is 0.771. The second kappa shape index (κ2) is 5.86. The predicted octanol–water partition coefficient (Wildman–Crippen LogP) is 4.08. The van der Waals surface area contributed by atoms with Gasteiger partial charge in [0.1, 0.15) is 17.4 Å². The van der Waals surface area contributed by atoms with Crippen molar-refractivity contribution in [3.05, 3.63) is 29.6 Å². The lowest BCUT2D eigenvalue weighted by molar-refractivity contribution is 0.330. The number of halogens is 1. The summed E-state index contributed by atoms with van der Waals surface area (Å²) in [5, 5.41) is 12.3. The molecule has 1 N–H and O–H groups in total. The van der Waals surface area contributed by atoms with Crippen molar-refractivity contribution in [2.45, 2.75) is 45.1 Å². The summed E-state index contributed by atoms with van der Waals surface area (Å²) in [5.74, 6) is 0.399. The molecule has 3 heteroatoms. The van der Waals surface area contributed by atoms with Gasteiger partial charge in [-0.3, -0.25) is 0 Å². The standard InChI is InChI=1S/C15H19FN2/c1-2-11-6-8-12(9-7-11)18-15-5-3-4-14(16)13(15)10-17/h3-5,11-12,18H,2,6-9H2,1H3. The molecule has 2 nitrogen and oxygen atoms in total. The van der Waals surface area contributed by atoms with Gasteiger partial charge in [-0.1, -0.05) is 19.4 Å². The second-order valence-corrected chi connectivity index (χ2v) is 5.04. The average Bonchev–Trinajstić information content (AvgIpc) is 2.40. The van der Waals surface area contributed by atoms with Crippen molar-refractivity contribution in [1.29, 1.82) is 5.26 Å². The molecule has 1 aliphatic rings. The molecule has 0 unspecified atom stereocenters. The van der Waals surface area contributed by atoms with E-state index in [9.17, 15) is 4.39 Å². The lowest BCUT2D eigenvalue weighted by Gasteiger charge is -2.29.